The SMILES string of the molecule is CCCCCOCc1cccc(N)n1. The van der Waals surface area contributed by atoms with Gasteiger partial charge in [-0.15, -0.1) is 0 Å². The van der Waals surface area contributed by atoms with Crippen LogP contribution in [0.1, 0.15) is 31.9 Å². The summed E-state index contributed by atoms with van der Waals surface area (Å²) in [6.45, 7) is 3.55. The number of anilines is 1. The Morgan fingerprint density at radius 3 is 2.93 bits per heavy atom. The van der Waals surface area contributed by atoms with Gasteiger partial charge in [-0.2, -0.15) is 0 Å². The van der Waals surface area contributed by atoms with Crippen molar-refractivity contribution < 1.29 is 4.74 Å². The van der Waals surface area contributed by atoms with E-state index in [-0.39, 0.29) is 0 Å². The third-order valence-electron chi connectivity index (χ3n) is 1.97. The van der Waals surface area contributed by atoms with Gasteiger partial charge >= 0.3 is 0 Å². The van der Waals surface area contributed by atoms with Gasteiger partial charge in [0.2, 0.25) is 0 Å². The molecule has 0 unspecified atom stereocenters. The monoisotopic (exact) mass is 194 g/mol. The summed E-state index contributed by atoms with van der Waals surface area (Å²) in [4.78, 5) is 4.14. The molecule has 1 aromatic rings. The third-order valence-corrected chi connectivity index (χ3v) is 1.97. The van der Waals surface area contributed by atoms with Crippen LogP contribution in [0.5, 0.6) is 0 Å². The van der Waals surface area contributed by atoms with Crippen LogP contribution in [0.15, 0.2) is 18.2 Å². The summed E-state index contributed by atoms with van der Waals surface area (Å²) in [7, 11) is 0. The summed E-state index contributed by atoms with van der Waals surface area (Å²) in [6.07, 6.45) is 3.57. The number of unbranched alkanes of at least 4 members (excludes halogenated alkanes) is 2. The van der Waals surface area contributed by atoms with E-state index in [1.165, 1.54) is 12.8 Å². The maximum absolute atomic E-state index is 5.54. The molecule has 0 aliphatic carbocycles. The predicted molar refractivity (Wildman–Crippen MR) is 57.8 cm³/mol. The quantitative estimate of drug-likeness (QED) is 0.707. The van der Waals surface area contributed by atoms with Crippen LogP contribution >= 0.6 is 0 Å². The predicted octanol–water partition coefficient (Wildman–Crippen LogP) is 2.37. The molecule has 0 aliphatic heterocycles. The first-order valence-electron chi connectivity index (χ1n) is 5.12. The largest absolute Gasteiger partial charge is 0.384 e. The van der Waals surface area contributed by atoms with E-state index >= 15 is 0 Å². The Morgan fingerprint density at radius 1 is 1.36 bits per heavy atom. The molecule has 3 nitrogen and oxygen atoms in total. The third kappa shape index (κ3) is 4.23. The van der Waals surface area contributed by atoms with Crippen LogP contribution in [-0.4, -0.2) is 11.6 Å². The molecule has 0 aromatic carbocycles. The molecule has 1 aromatic heterocycles. The lowest BCUT2D eigenvalue weighted by Crippen LogP contribution is -1.99. The fraction of sp³-hybridized carbons (Fsp3) is 0.545. The summed E-state index contributed by atoms with van der Waals surface area (Å²) < 4.78 is 5.46. The Bertz CT molecular complexity index is 263. The summed E-state index contributed by atoms with van der Waals surface area (Å²) in [5.41, 5.74) is 6.45. The highest BCUT2D eigenvalue weighted by molar-refractivity contribution is 5.28. The normalized spacial score (nSPS) is 10.4. The summed E-state index contributed by atoms with van der Waals surface area (Å²) in [5.74, 6) is 0.555. The van der Waals surface area contributed by atoms with Gasteiger partial charge in [0.15, 0.2) is 0 Å². The molecular weight excluding hydrogens is 176 g/mol. The second-order valence-corrected chi connectivity index (χ2v) is 3.31. The zero-order valence-electron chi connectivity index (χ0n) is 8.70. The van der Waals surface area contributed by atoms with Crippen molar-refractivity contribution in [3.63, 3.8) is 0 Å². The van der Waals surface area contributed by atoms with Crippen LogP contribution in [0, 0.1) is 0 Å². The molecule has 2 N–H and O–H groups in total. The standard InChI is InChI=1S/C11H18N2O/c1-2-3-4-8-14-9-10-6-5-7-11(12)13-10/h5-7H,2-4,8-9H2,1H3,(H2,12,13). The Kier molecular flexibility index (Phi) is 5.00. The maximum atomic E-state index is 5.54. The number of pyridine rings is 1. The molecule has 0 radical (unpaired) electrons. The smallest absolute Gasteiger partial charge is 0.123 e. The maximum Gasteiger partial charge on any atom is 0.123 e. The molecule has 78 valence electrons. The number of nitrogens with two attached hydrogens (primary N) is 1. The molecular formula is C11H18N2O. The molecule has 0 bridgehead atoms. The number of hydrogen-bond donors (Lipinski definition) is 1. The Morgan fingerprint density at radius 2 is 2.21 bits per heavy atom. The number of ether oxygens (including phenoxy) is 1. The van der Waals surface area contributed by atoms with Gasteiger partial charge < -0.3 is 10.5 Å². The van der Waals surface area contributed by atoms with Crippen molar-refractivity contribution in [2.75, 3.05) is 12.3 Å². The Balaban J connectivity index is 2.18. The summed E-state index contributed by atoms with van der Waals surface area (Å²) in [6, 6.07) is 5.60. The van der Waals surface area contributed by atoms with E-state index in [4.69, 9.17) is 10.5 Å². The second-order valence-electron chi connectivity index (χ2n) is 3.31. The first-order valence-corrected chi connectivity index (χ1v) is 5.12. The topological polar surface area (TPSA) is 48.1 Å². The van der Waals surface area contributed by atoms with Crippen LogP contribution in [-0.2, 0) is 11.3 Å². The van der Waals surface area contributed by atoms with E-state index in [0.29, 0.717) is 12.4 Å². The van der Waals surface area contributed by atoms with Crippen LogP contribution < -0.4 is 5.73 Å². The fourth-order valence-corrected chi connectivity index (χ4v) is 1.21. The molecule has 0 spiro atoms. The van der Waals surface area contributed by atoms with Crippen LogP contribution in [0.3, 0.4) is 0 Å². The molecule has 0 saturated carbocycles. The first kappa shape index (κ1) is 11.0. The molecule has 3 heteroatoms. The van der Waals surface area contributed by atoms with Gasteiger partial charge in [0, 0.05) is 6.61 Å². The van der Waals surface area contributed by atoms with Gasteiger partial charge in [0.1, 0.15) is 5.82 Å². The number of nitrogens with zero attached hydrogens (tertiary/aromatic N) is 1. The molecule has 0 saturated heterocycles. The minimum Gasteiger partial charge on any atom is -0.384 e. The lowest BCUT2D eigenvalue weighted by Gasteiger charge is -2.03. The highest BCUT2D eigenvalue weighted by atomic mass is 16.5. The molecule has 0 amide bonds. The average molecular weight is 194 g/mol. The highest BCUT2D eigenvalue weighted by Crippen LogP contribution is 2.03. The molecule has 14 heavy (non-hydrogen) atoms. The van der Waals surface area contributed by atoms with Gasteiger partial charge in [0.05, 0.1) is 12.3 Å². The van der Waals surface area contributed by atoms with Crippen LogP contribution in [0.2, 0.25) is 0 Å². The fourth-order valence-electron chi connectivity index (χ4n) is 1.21. The number of hydrogen-bond acceptors (Lipinski definition) is 3. The van der Waals surface area contributed by atoms with Crippen LogP contribution in [0.4, 0.5) is 5.82 Å². The van der Waals surface area contributed by atoms with E-state index in [2.05, 4.69) is 11.9 Å². The summed E-state index contributed by atoms with van der Waals surface area (Å²) >= 11 is 0. The number of aromatic nitrogens is 1. The van der Waals surface area contributed by atoms with Gasteiger partial charge in [0.25, 0.3) is 0 Å². The summed E-state index contributed by atoms with van der Waals surface area (Å²) in [5, 5.41) is 0. The highest BCUT2D eigenvalue weighted by Gasteiger charge is 1.95. The van der Waals surface area contributed by atoms with Crippen molar-refractivity contribution in [1.29, 1.82) is 0 Å². The first-order chi connectivity index (χ1) is 6.83. The van der Waals surface area contributed by atoms with Crippen molar-refractivity contribution in [1.82, 2.24) is 4.98 Å². The van der Waals surface area contributed by atoms with Crippen molar-refractivity contribution in [2.45, 2.75) is 32.8 Å². The van der Waals surface area contributed by atoms with Crippen molar-refractivity contribution in [2.24, 2.45) is 0 Å². The van der Waals surface area contributed by atoms with E-state index in [0.717, 1.165) is 18.7 Å². The lowest BCUT2D eigenvalue weighted by molar-refractivity contribution is 0.114. The van der Waals surface area contributed by atoms with Crippen molar-refractivity contribution in [3.8, 4) is 0 Å². The van der Waals surface area contributed by atoms with Crippen molar-refractivity contribution >= 4 is 5.82 Å². The molecule has 0 atom stereocenters. The molecule has 0 fully saturated rings. The van der Waals surface area contributed by atoms with Gasteiger partial charge in [-0.1, -0.05) is 25.8 Å². The lowest BCUT2D eigenvalue weighted by atomic mass is 10.3. The second kappa shape index (κ2) is 6.38. The minimum absolute atomic E-state index is 0.555. The van der Waals surface area contributed by atoms with Gasteiger partial charge in [-0.25, -0.2) is 4.98 Å². The Labute approximate surface area is 85.3 Å². The van der Waals surface area contributed by atoms with Gasteiger partial charge in [-0.05, 0) is 18.6 Å². The van der Waals surface area contributed by atoms with E-state index in [1.807, 2.05) is 12.1 Å². The number of rotatable bonds is 6. The van der Waals surface area contributed by atoms with Crippen molar-refractivity contribution in [3.05, 3.63) is 23.9 Å². The zero-order chi connectivity index (χ0) is 10.2. The van der Waals surface area contributed by atoms with Gasteiger partial charge in [-0.3, -0.25) is 0 Å². The number of nitrogen functional groups attached to an aromatic ring is 1. The molecule has 1 heterocycles. The molecule has 0 aliphatic rings. The average Bonchev–Trinajstić information content (AvgIpc) is 2.18. The molecule has 1 rings (SSSR count). The van der Waals surface area contributed by atoms with E-state index in [1.54, 1.807) is 6.07 Å². The zero-order valence-corrected chi connectivity index (χ0v) is 8.70. The minimum atomic E-state index is 0.555. The van der Waals surface area contributed by atoms with Crippen LogP contribution in [0.25, 0.3) is 0 Å². The Hall–Kier alpha value is -1.09. The van der Waals surface area contributed by atoms with E-state index < -0.39 is 0 Å². The van der Waals surface area contributed by atoms with E-state index in [9.17, 15) is 0 Å².